The molecule has 3 aliphatic rings. The summed E-state index contributed by atoms with van der Waals surface area (Å²) in [5, 5.41) is 7.04. The van der Waals surface area contributed by atoms with Gasteiger partial charge >= 0.3 is 0 Å². The fraction of sp³-hybridized carbons (Fsp3) is 0.548. The van der Waals surface area contributed by atoms with E-state index in [1.54, 1.807) is 6.20 Å². The van der Waals surface area contributed by atoms with Gasteiger partial charge in [-0.1, -0.05) is 110 Å². The monoisotopic (exact) mass is 496 g/mol. The summed E-state index contributed by atoms with van der Waals surface area (Å²) in [6.45, 7) is 11.8. The van der Waals surface area contributed by atoms with Crippen molar-refractivity contribution in [1.29, 1.82) is 0 Å². The lowest BCUT2D eigenvalue weighted by molar-refractivity contribution is -0.109. The minimum absolute atomic E-state index is 0.585. The molecular formula is C31H52N4O. The molecule has 5 nitrogen and oxygen atoms in total. The summed E-state index contributed by atoms with van der Waals surface area (Å²) in [6, 6.07) is 0. The molecule has 1 amide bonds. The minimum Gasteiger partial charge on any atom is -0.358 e. The minimum atomic E-state index is 0.585. The Labute approximate surface area is 222 Å². The van der Waals surface area contributed by atoms with E-state index in [1.807, 2.05) is 62.6 Å². The van der Waals surface area contributed by atoms with Crippen molar-refractivity contribution in [3.05, 3.63) is 66.1 Å². The third kappa shape index (κ3) is 25.7. The predicted molar refractivity (Wildman–Crippen MR) is 161 cm³/mol. The van der Waals surface area contributed by atoms with Crippen molar-refractivity contribution in [1.82, 2.24) is 10.7 Å². The van der Waals surface area contributed by atoms with Crippen LogP contribution in [0.15, 0.2) is 76.2 Å². The summed E-state index contributed by atoms with van der Waals surface area (Å²) < 4.78 is 0. The summed E-state index contributed by atoms with van der Waals surface area (Å²) in [7, 11) is 0. The second kappa shape index (κ2) is 32.1. The predicted octanol–water partition coefficient (Wildman–Crippen LogP) is 8.00. The van der Waals surface area contributed by atoms with E-state index in [0.29, 0.717) is 19.4 Å². The summed E-state index contributed by atoms with van der Waals surface area (Å²) >= 11 is 0. The van der Waals surface area contributed by atoms with Crippen molar-refractivity contribution in [2.75, 3.05) is 13.1 Å². The fourth-order valence-corrected chi connectivity index (χ4v) is 2.95. The zero-order chi connectivity index (χ0) is 27.0. The highest BCUT2D eigenvalue weighted by molar-refractivity contribution is 6.03. The summed E-state index contributed by atoms with van der Waals surface area (Å²) in [6.07, 6.45) is 32.7. The van der Waals surface area contributed by atoms with E-state index in [0.717, 1.165) is 30.7 Å². The quantitative estimate of drug-likeness (QED) is 0.117. The van der Waals surface area contributed by atoms with E-state index < -0.39 is 0 Å². The van der Waals surface area contributed by atoms with Gasteiger partial charge in [-0.25, -0.2) is 0 Å². The van der Waals surface area contributed by atoms with Crippen LogP contribution < -0.4 is 10.7 Å². The molecule has 1 aliphatic heterocycles. The van der Waals surface area contributed by atoms with E-state index in [4.69, 9.17) is 0 Å². The molecule has 1 fully saturated rings. The van der Waals surface area contributed by atoms with Crippen LogP contribution in [-0.4, -0.2) is 31.4 Å². The van der Waals surface area contributed by atoms with Crippen molar-refractivity contribution >= 4 is 18.3 Å². The number of carbonyl (C=O) groups excluding carboxylic acids is 1. The molecule has 5 heteroatoms. The lowest BCUT2D eigenvalue weighted by atomic mass is 10.0. The number of hydrogen-bond donors (Lipinski definition) is 2. The zero-order valence-electron chi connectivity index (χ0n) is 23.6. The molecule has 1 heterocycles. The SMILES string of the molecule is C1=CC=CC=CC=1.C1CCCCC1.CC.CCC.CCCN/N=C(\CCNC=O)C1=CCC=NC=C1. The van der Waals surface area contributed by atoms with Crippen LogP contribution in [0, 0.1) is 0 Å². The Hall–Kier alpha value is -2.91. The molecule has 0 bridgehead atoms. The van der Waals surface area contributed by atoms with E-state index in [2.05, 4.69) is 53.4 Å². The lowest BCUT2D eigenvalue weighted by Gasteiger charge is -2.08. The summed E-state index contributed by atoms with van der Waals surface area (Å²) in [4.78, 5) is 14.4. The molecule has 0 aromatic heterocycles. The maximum Gasteiger partial charge on any atom is 0.207 e. The van der Waals surface area contributed by atoms with Crippen molar-refractivity contribution in [2.24, 2.45) is 10.1 Å². The Kier molecular flexibility index (Phi) is 31.4. The first-order valence-corrected chi connectivity index (χ1v) is 13.9. The highest BCUT2D eigenvalue weighted by Crippen LogP contribution is 2.15. The molecule has 2 aliphatic carbocycles. The first-order valence-electron chi connectivity index (χ1n) is 13.9. The number of nitrogens with zero attached hydrogens (tertiary/aromatic N) is 2. The Morgan fingerprint density at radius 1 is 0.972 bits per heavy atom. The second-order valence-electron chi connectivity index (χ2n) is 7.93. The molecule has 0 aromatic rings. The maximum absolute atomic E-state index is 10.3. The van der Waals surface area contributed by atoms with Crippen LogP contribution in [-0.2, 0) is 4.79 Å². The number of hydrazone groups is 1. The molecule has 3 rings (SSSR count). The largest absolute Gasteiger partial charge is 0.358 e. The molecule has 0 spiro atoms. The smallest absolute Gasteiger partial charge is 0.207 e. The van der Waals surface area contributed by atoms with Crippen LogP contribution in [0.4, 0.5) is 0 Å². The molecule has 0 saturated heterocycles. The Bertz CT molecular complexity index is 704. The number of amides is 1. The Morgan fingerprint density at radius 3 is 2.08 bits per heavy atom. The number of nitrogens with one attached hydrogen (secondary N) is 2. The molecule has 0 unspecified atom stereocenters. The highest BCUT2D eigenvalue weighted by Gasteiger charge is 2.05. The fourth-order valence-electron chi connectivity index (χ4n) is 2.95. The van der Waals surface area contributed by atoms with Gasteiger partial charge in [-0.3, -0.25) is 9.79 Å². The van der Waals surface area contributed by atoms with Crippen molar-refractivity contribution in [2.45, 2.75) is 98.8 Å². The van der Waals surface area contributed by atoms with Gasteiger partial charge in [0, 0.05) is 38.3 Å². The molecule has 202 valence electrons. The van der Waals surface area contributed by atoms with E-state index >= 15 is 0 Å². The normalized spacial score (nSPS) is 15.0. The number of carbonyl (C=O) groups is 1. The van der Waals surface area contributed by atoms with Gasteiger partial charge < -0.3 is 10.7 Å². The van der Waals surface area contributed by atoms with Gasteiger partial charge in [-0.05, 0) is 30.2 Å². The average molecular weight is 497 g/mol. The van der Waals surface area contributed by atoms with E-state index in [9.17, 15) is 4.79 Å². The van der Waals surface area contributed by atoms with E-state index in [-0.39, 0.29) is 0 Å². The van der Waals surface area contributed by atoms with Crippen molar-refractivity contribution in [3.8, 4) is 0 Å². The van der Waals surface area contributed by atoms with Crippen molar-refractivity contribution < 1.29 is 4.79 Å². The molecular weight excluding hydrogens is 444 g/mol. The van der Waals surface area contributed by atoms with Gasteiger partial charge in [0.1, 0.15) is 0 Å². The Morgan fingerprint density at radius 2 is 1.56 bits per heavy atom. The highest BCUT2D eigenvalue weighted by atomic mass is 16.1. The average Bonchev–Trinajstić information content (AvgIpc) is 3.40. The molecule has 0 aromatic carbocycles. The third-order valence-electron chi connectivity index (χ3n) is 4.61. The van der Waals surface area contributed by atoms with Gasteiger partial charge in [-0.2, -0.15) is 5.10 Å². The Balaban J connectivity index is 0. The first-order chi connectivity index (χ1) is 17.8. The van der Waals surface area contributed by atoms with Gasteiger partial charge in [0.15, 0.2) is 0 Å². The summed E-state index contributed by atoms with van der Waals surface area (Å²) in [5.41, 5.74) is 7.96. The zero-order valence-corrected chi connectivity index (χ0v) is 23.6. The second-order valence-corrected chi connectivity index (χ2v) is 7.93. The van der Waals surface area contributed by atoms with Crippen molar-refractivity contribution in [3.63, 3.8) is 0 Å². The van der Waals surface area contributed by atoms with Crippen LogP contribution in [0.2, 0.25) is 0 Å². The number of hydrogen-bond acceptors (Lipinski definition) is 4. The van der Waals surface area contributed by atoms with Crippen LogP contribution in [0.3, 0.4) is 0 Å². The number of rotatable bonds is 8. The number of aliphatic imine (C=N–C) groups is 1. The molecule has 0 radical (unpaired) electrons. The van der Waals surface area contributed by atoms with Crippen LogP contribution in [0.25, 0.3) is 0 Å². The van der Waals surface area contributed by atoms with E-state index in [1.165, 1.54) is 44.9 Å². The van der Waals surface area contributed by atoms with Gasteiger partial charge in [-0.15, -0.1) is 5.73 Å². The molecule has 1 saturated carbocycles. The third-order valence-corrected chi connectivity index (χ3v) is 4.61. The van der Waals surface area contributed by atoms with Gasteiger partial charge in [0.2, 0.25) is 6.41 Å². The van der Waals surface area contributed by atoms with Crippen LogP contribution in [0.5, 0.6) is 0 Å². The standard InChI is InChI=1S/C13H20N4O.C7H6.C6H12.C3H8.C2H6/c1-2-7-16-17-13(6-10-15-11-18)12-4-3-8-14-9-5-12;1-2-4-6-7-5-3-1;1-2-4-6-5-3-1;1-3-2;1-2/h4-5,8-9,11,16H,2-3,6-7,10H2,1H3,(H,15,18);1-6H;1-6H2;3H2,1-2H3;1-2H3/b17-13+;;;;. The maximum atomic E-state index is 10.3. The van der Waals surface area contributed by atoms with Gasteiger partial charge in [0.05, 0.1) is 5.71 Å². The molecule has 2 N–H and O–H groups in total. The van der Waals surface area contributed by atoms with Gasteiger partial charge in [0.25, 0.3) is 0 Å². The number of allylic oxidation sites excluding steroid dienone is 8. The molecule has 36 heavy (non-hydrogen) atoms. The lowest BCUT2D eigenvalue weighted by Crippen LogP contribution is -2.19. The summed E-state index contributed by atoms with van der Waals surface area (Å²) in [5.74, 6) is 0. The van der Waals surface area contributed by atoms with Crippen LogP contribution in [0.1, 0.15) is 98.8 Å². The molecule has 0 atom stereocenters. The first kappa shape index (κ1) is 35.3. The van der Waals surface area contributed by atoms with Crippen LogP contribution >= 0.6 is 0 Å². The topological polar surface area (TPSA) is 65.8 Å².